The van der Waals surface area contributed by atoms with Crippen molar-refractivity contribution < 1.29 is 42.9 Å². The fraction of sp³-hybridized carbons (Fsp3) is 0.267. The third-order valence-electron chi connectivity index (χ3n) is 9.52. The molecule has 1 heterocycles. The number of fused-ring (bicyclic) bond motifs is 1. The predicted molar refractivity (Wildman–Crippen MR) is 234 cm³/mol. The molecule has 1 fully saturated rings. The number of benzene rings is 4. The van der Waals surface area contributed by atoms with Crippen LogP contribution in [-0.2, 0) is 23.9 Å². The number of rotatable bonds is 19. The van der Waals surface area contributed by atoms with Gasteiger partial charge in [-0.3, -0.25) is 14.4 Å². The molecule has 0 radical (unpaired) electrons. The Morgan fingerprint density at radius 3 is 2.17 bits per heavy atom. The number of thiazole rings is 1. The number of aromatic nitrogens is 1. The van der Waals surface area contributed by atoms with Crippen LogP contribution in [0.4, 0.5) is 10.8 Å². The first kappa shape index (κ1) is 43.1. The molecule has 60 heavy (non-hydrogen) atoms. The minimum absolute atomic E-state index is 0.200. The van der Waals surface area contributed by atoms with E-state index in [0.29, 0.717) is 67.6 Å². The highest BCUT2D eigenvalue weighted by Gasteiger charge is 2.32. The minimum atomic E-state index is -0.450. The van der Waals surface area contributed by atoms with Gasteiger partial charge in [-0.25, -0.2) is 9.78 Å². The van der Waals surface area contributed by atoms with Gasteiger partial charge < -0.3 is 29.0 Å². The van der Waals surface area contributed by atoms with E-state index in [-0.39, 0.29) is 28.5 Å². The van der Waals surface area contributed by atoms with E-state index in [1.807, 2.05) is 54.6 Å². The summed E-state index contributed by atoms with van der Waals surface area (Å²) in [6, 6.07) is 28.6. The van der Waals surface area contributed by atoms with Crippen molar-refractivity contribution in [2.24, 2.45) is 16.9 Å². The molecule has 0 saturated heterocycles. The number of nitrogens with zero attached hydrogens (tertiary/aromatic N) is 3. The van der Waals surface area contributed by atoms with Crippen LogP contribution in [0.5, 0.6) is 23.0 Å². The average molecular weight is 849 g/mol. The number of hydrazone groups is 1. The van der Waals surface area contributed by atoms with Crippen LogP contribution in [-0.4, -0.2) is 53.9 Å². The van der Waals surface area contributed by atoms with Crippen molar-refractivity contribution in [1.29, 1.82) is 0 Å². The van der Waals surface area contributed by atoms with Gasteiger partial charge in [-0.1, -0.05) is 48.2 Å². The van der Waals surface area contributed by atoms with E-state index < -0.39 is 17.9 Å². The number of anilines is 2. The molecule has 0 amide bonds. The van der Waals surface area contributed by atoms with Crippen LogP contribution in [0.25, 0.3) is 10.2 Å². The summed E-state index contributed by atoms with van der Waals surface area (Å²) in [5.41, 5.74) is 1.89. The third kappa shape index (κ3) is 12.5. The number of ether oxygens (including phenoxy) is 5. The second kappa shape index (κ2) is 22.1. The largest absolute Gasteiger partial charge is 0.494 e. The Hall–Kier alpha value is -6.45. The fourth-order valence-corrected chi connectivity index (χ4v) is 7.59. The second-order valence-corrected chi connectivity index (χ2v) is 15.1. The van der Waals surface area contributed by atoms with Crippen molar-refractivity contribution >= 4 is 80.3 Å². The van der Waals surface area contributed by atoms with Crippen molar-refractivity contribution in [3.8, 4) is 23.0 Å². The average Bonchev–Trinajstić information content (AvgIpc) is 3.70. The molecule has 1 N–H and O–H groups in total. The summed E-state index contributed by atoms with van der Waals surface area (Å²) in [6.07, 6.45) is 7.91. The molecule has 1 aliphatic carbocycles. The molecule has 1 aliphatic rings. The Kier molecular flexibility index (Phi) is 15.9. The summed E-state index contributed by atoms with van der Waals surface area (Å²) in [5.74, 6) is -0.518. The van der Waals surface area contributed by atoms with Crippen molar-refractivity contribution in [1.82, 2.24) is 4.98 Å². The molecular weight excluding hydrogens is 805 g/mol. The zero-order chi connectivity index (χ0) is 42.1. The van der Waals surface area contributed by atoms with Crippen LogP contribution in [0.1, 0.15) is 56.9 Å². The number of unbranched alkanes of at least 4 members (excludes halogenated alkanes) is 3. The number of hydrogen-bond donors (Lipinski definition) is 1. The van der Waals surface area contributed by atoms with Crippen molar-refractivity contribution in [3.63, 3.8) is 0 Å². The molecule has 0 bridgehead atoms. The summed E-state index contributed by atoms with van der Waals surface area (Å²) in [5, 5.41) is 10.1. The Labute approximate surface area is 356 Å². The predicted octanol–water partition coefficient (Wildman–Crippen LogP) is 9.05. The highest BCUT2D eigenvalue weighted by molar-refractivity contribution is 7.80. The fourth-order valence-electron chi connectivity index (χ4n) is 6.35. The summed E-state index contributed by atoms with van der Waals surface area (Å²) in [4.78, 5) is 53.6. The highest BCUT2D eigenvalue weighted by atomic mass is 32.1. The monoisotopic (exact) mass is 848 g/mol. The van der Waals surface area contributed by atoms with E-state index in [9.17, 15) is 19.2 Å². The standard InChI is InChI=1S/C45H44N4O9S2/c1-2-41(51)55-27-11-4-3-10-26-54-35-20-22-36(23-21-35)57-42(52)31-16-18-32(19-17-31)43(53)58-39-25-24-37(56-30-50)28-33(39)29-46-49(44(59)47-34-12-6-5-7-13-34)45-48-38-14-8-9-15-40(38)60-45/h2,5-9,12-15,20-25,28-32H,1,3-4,10-11,16-19,26-27H2,(H,47,59)/b46-29+. The van der Waals surface area contributed by atoms with Gasteiger partial charge in [0.05, 0.1) is 41.5 Å². The minimum Gasteiger partial charge on any atom is -0.494 e. The molecular formula is C45H44N4O9S2. The van der Waals surface area contributed by atoms with Crippen LogP contribution < -0.4 is 29.3 Å². The molecule has 310 valence electrons. The van der Waals surface area contributed by atoms with E-state index in [2.05, 4.69) is 17.0 Å². The number of carbonyl (C=O) groups is 4. The van der Waals surface area contributed by atoms with E-state index in [1.54, 1.807) is 24.3 Å². The molecule has 13 nitrogen and oxygen atoms in total. The number of carbonyl (C=O) groups excluding carboxylic acids is 4. The lowest BCUT2D eigenvalue weighted by Crippen LogP contribution is -2.31. The first-order valence-corrected chi connectivity index (χ1v) is 20.8. The molecule has 0 atom stereocenters. The summed E-state index contributed by atoms with van der Waals surface area (Å²) in [7, 11) is 0. The maximum Gasteiger partial charge on any atom is 0.330 e. The normalized spacial score (nSPS) is 14.8. The lowest BCUT2D eigenvalue weighted by Gasteiger charge is -2.26. The van der Waals surface area contributed by atoms with Crippen LogP contribution in [0, 0.1) is 11.8 Å². The lowest BCUT2D eigenvalue weighted by molar-refractivity contribution is -0.145. The Morgan fingerprint density at radius 1 is 0.817 bits per heavy atom. The van der Waals surface area contributed by atoms with Crippen LogP contribution in [0.3, 0.4) is 0 Å². The maximum absolute atomic E-state index is 13.5. The van der Waals surface area contributed by atoms with Gasteiger partial charge in [0.25, 0.3) is 6.47 Å². The van der Waals surface area contributed by atoms with E-state index in [1.165, 1.54) is 40.8 Å². The molecule has 0 spiro atoms. The van der Waals surface area contributed by atoms with E-state index in [4.69, 9.17) is 40.9 Å². The molecule has 0 aliphatic heterocycles. The molecule has 0 unspecified atom stereocenters. The zero-order valence-electron chi connectivity index (χ0n) is 32.7. The van der Waals surface area contributed by atoms with E-state index >= 15 is 0 Å². The number of nitrogens with one attached hydrogen (secondary N) is 1. The van der Waals surface area contributed by atoms with Crippen LogP contribution in [0.2, 0.25) is 0 Å². The van der Waals surface area contributed by atoms with Gasteiger partial charge in [0.2, 0.25) is 10.2 Å². The van der Waals surface area contributed by atoms with Crippen molar-refractivity contribution in [3.05, 3.63) is 115 Å². The number of hydrogen-bond acceptors (Lipinski definition) is 13. The molecule has 6 rings (SSSR count). The topological polar surface area (TPSA) is 155 Å². The Balaban J connectivity index is 1.02. The van der Waals surface area contributed by atoms with Crippen molar-refractivity contribution in [2.75, 3.05) is 23.5 Å². The molecule has 5 aromatic rings. The second-order valence-electron chi connectivity index (χ2n) is 13.7. The lowest BCUT2D eigenvalue weighted by atomic mass is 9.82. The Morgan fingerprint density at radius 2 is 1.47 bits per heavy atom. The third-order valence-corrected chi connectivity index (χ3v) is 10.8. The van der Waals surface area contributed by atoms with E-state index in [0.717, 1.165) is 47.7 Å². The smallest absolute Gasteiger partial charge is 0.330 e. The number of thiocarbonyl (C=S) groups is 1. The van der Waals surface area contributed by atoms with Gasteiger partial charge in [0.15, 0.2) is 0 Å². The molecule has 4 aromatic carbocycles. The SMILES string of the molecule is C=CC(=O)OCCCCCCOc1ccc(OC(=O)C2CCC(C(=O)Oc3ccc(OC=O)cc3/C=N/N(C(=S)Nc3ccccc3)c3nc4ccccc4s3)CC2)cc1. The summed E-state index contributed by atoms with van der Waals surface area (Å²) < 4.78 is 28.4. The summed E-state index contributed by atoms with van der Waals surface area (Å²) in [6.45, 7) is 4.60. The number of para-hydroxylation sites is 2. The molecule has 15 heteroatoms. The quantitative estimate of drug-likeness (QED) is 0.0123. The first-order chi connectivity index (χ1) is 29.3. The first-order valence-electron chi connectivity index (χ1n) is 19.5. The van der Waals surface area contributed by atoms with Crippen LogP contribution in [0.15, 0.2) is 115 Å². The van der Waals surface area contributed by atoms with Crippen molar-refractivity contribution in [2.45, 2.75) is 51.4 Å². The molecule has 1 saturated carbocycles. The highest BCUT2D eigenvalue weighted by Crippen LogP contribution is 2.34. The van der Waals surface area contributed by atoms with Gasteiger partial charge in [-0.15, -0.1) is 0 Å². The Bertz CT molecular complexity index is 2260. The maximum atomic E-state index is 13.5. The van der Waals surface area contributed by atoms with Gasteiger partial charge in [0.1, 0.15) is 23.0 Å². The van der Waals surface area contributed by atoms with Gasteiger partial charge in [-0.2, -0.15) is 10.1 Å². The van der Waals surface area contributed by atoms with Crippen LogP contribution >= 0.6 is 23.6 Å². The zero-order valence-corrected chi connectivity index (χ0v) is 34.4. The molecule has 1 aromatic heterocycles. The summed E-state index contributed by atoms with van der Waals surface area (Å²) >= 11 is 7.19. The van der Waals surface area contributed by atoms with Gasteiger partial charge >= 0.3 is 17.9 Å². The number of esters is 3. The van der Waals surface area contributed by atoms with Gasteiger partial charge in [-0.05, 0) is 130 Å². The van der Waals surface area contributed by atoms with Gasteiger partial charge in [0, 0.05) is 17.3 Å².